The highest BCUT2D eigenvalue weighted by molar-refractivity contribution is 5.69. The van der Waals surface area contributed by atoms with Gasteiger partial charge in [0.15, 0.2) is 17.6 Å². The Bertz CT molecular complexity index is 637. The SMILES string of the molecule is Cn1c(N)nc2nc[nH]c2c1=O.c1cocn1. The summed E-state index contributed by atoms with van der Waals surface area (Å²) >= 11 is 0. The molecule has 8 nitrogen and oxygen atoms in total. The van der Waals surface area contributed by atoms with E-state index in [2.05, 4.69) is 24.4 Å². The first-order chi connectivity index (χ1) is 8.20. The van der Waals surface area contributed by atoms with Crippen molar-refractivity contribution in [3.63, 3.8) is 0 Å². The molecule has 3 heterocycles. The zero-order chi connectivity index (χ0) is 12.3. The molecule has 0 aliphatic heterocycles. The molecule has 17 heavy (non-hydrogen) atoms. The molecular weight excluding hydrogens is 224 g/mol. The summed E-state index contributed by atoms with van der Waals surface area (Å²) in [5.41, 5.74) is 5.97. The number of aromatic amines is 1. The number of fused-ring (bicyclic) bond motifs is 1. The minimum absolute atomic E-state index is 0.166. The molecule has 0 amide bonds. The largest absolute Gasteiger partial charge is 0.452 e. The van der Waals surface area contributed by atoms with Gasteiger partial charge in [0.05, 0.1) is 12.5 Å². The predicted molar refractivity (Wildman–Crippen MR) is 60.0 cm³/mol. The van der Waals surface area contributed by atoms with Gasteiger partial charge in [-0.1, -0.05) is 0 Å². The number of nitrogens with zero attached hydrogens (tertiary/aromatic N) is 4. The lowest BCUT2D eigenvalue weighted by Gasteiger charge is -1.99. The van der Waals surface area contributed by atoms with Crippen molar-refractivity contribution < 1.29 is 4.42 Å². The van der Waals surface area contributed by atoms with Crippen LogP contribution >= 0.6 is 0 Å². The molecule has 0 spiro atoms. The van der Waals surface area contributed by atoms with Crippen LogP contribution in [0.4, 0.5) is 5.95 Å². The van der Waals surface area contributed by atoms with Crippen LogP contribution in [0.25, 0.3) is 11.2 Å². The van der Waals surface area contributed by atoms with Crippen molar-refractivity contribution in [1.82, 2.24) is 24.5 Å². The van der Waals surface area contributed by atoms with E-state index in [9.17, 15) is 4.79 Å². The minimum Gasteiger partial charge on any atom is -0.452 e. The highest BCUT2D eigenvalue weighted by Gasteiger charge is 2.06. The summed E-state index contributed by atoms with van der Waals surface area (Å²) in [6.07, 6.45) is 5.89. The third-order valence-electron chi connectivity index (χ3n) is 2.05. The van der Waals surface area contributed by atoms with Gasteiger partial charge in [0.2, 0.25) is 5.95 Å². The Labute approximate surface area is 95.1 Å². The summed E-state index contributed by atoms with van der Waals surface area (Å²) in [5.74, 6) is 0.166. The lowest BCUT2D eigenvalue weighted by atomic mass is 10.5. The number of oxazole rings is 1. The number of hydrogen-bond acceptors (Lipinski definition) is 6. The van der Waals surface area contributed by atoms with Crippen LogP contribution in [0.1, 0.15) is 0 Å². The van der Waals surface area contributed by atoms with Crippen molar-refractivity contribution in [1.29, 1.82) is 0 Å². The molecule has 0 aromatic carbocycles. The number of nitrogen functional groups attached to an aromatic ring is 1. The molecule has 0 atom stereocenters. The average Bonchev–Trinajstić information content (AvgIpc) is 2.99. The van der Waals surface area contributed by atoms with Crippen molar-refractivity contribution in [2.75, 3.05) is 5.73 Å². The van der Waals surface area contributed by atoms with Crippen LogP contribution in [-0.4, -0.2) is 24.5 Å². The van der Waals surface area contributed by atoms with Gasteiger partial charge < -0.3 is 15.1 Å². The Kier molecular flexibility index (Phi) is 2.86. The van der Waals surface area contributed by atoms with Crippen LogP contribution in [0.15, 0.2) is 34.4 Å². The van der Waals surface area contributed by atoms with E-state index in [0.717, 1.165) is 0 Å². The van der Waals surface area contributed by atoms with Crippen LogP contribution < -0.4 is 11.3 Å². The van der Waals surface area contributed by atoms with Crippen molar-refractivity contribution in [3.05, 3.63) is 35.5 Å². The first-order valence-corrected chi connectivity index (χ1v) is 4.68. The Morgan fingerprint density at radius 3 is 2.94 bits per heavy atom. The fraction of sp³-hybridized carbons (Fsp3) is 0.111. The van der Waals surface area contributed by atoms with Crippen molar-refractivity contribution in [2.45, 2.75) is 0 Å². The second-order valence-corrected chi connectivity index (χ2v) is 3.11. The molecule has 88 valence electrons. The smallest absolute Gasteiger partial charge is 0.280 e. The molecule has 3 aromatic heterocycles. The Morgan fingerprint density at radius 2 is 2.35 bits per heavy atom. The molecule has 0 aliphatic rings. The molecule has 0 saturated heterocycles. The molecule has 0 radical (unpaired) electrons. The Hall–Kier alpha value is -2.64. The highest BCUT2D eigenvalue weighted by Crippen LogP contribution is 2.01. The number of aromatic nitrogens is 5. The number of H-pyrrole nitrogens is 1. The van der Waals surface area contributed by atoms with Crippen LogP contribution in [-0.2, 0) is 7.05 Å². The lowest BCUT2D eigenvalue weighted by Crippen LogP contribution is -2.21. The number of imidazole rings is 1. The summed E-state index contributed by atoms with van der Waals surface area (Å²) in [6.45, 7) is 0. The molecule has 0 bridgehead atoms. The maximum absolute atomic E-state index is 11.4. The van der Waals surface area contributed by atoms with E-state index in [1.54, 1.807) is 13.2 Å². The van der Waals surface area contributed by atoms with Gasteiger partial charge in [0.1, 0.15) is 6.26 Å². The standard InChI is InChI=1S/C6H7N5O.C3H3NO/c1-11-5(12)3-4(9-2-8-3)10-6(11)7;1-2-5-3-4-1/h2H,1H3,(H2,7,10)(H,8,9);1-3H. The molecule has 3 aromatic rings. The maximum atomic E-state index is 11.4. The Morgan fingerprint density at radius 1 is 1.53 bits per heavy atom. The lowest BCUT2D eigenvalue weighted by molar-refractivity contribution is 0.558. The zero-order valence-electron chi connectivity index (χ0n) is 8.99. The molecule has 0 aliphatic carbocycles. The van der Waals surface area contributed by atoms with Crippen molar-refractivity contribution in [2.24, 2.45) is 7.05 Å². The van der Waals surface area contributed by atoms with Gasteiger partial charge in [0, 0.05) is 7.05 Å². The molecule has 8 heteroatoms. The molecular formula is C9H10N6O2. The Balaban J connectivity index is 0.000000181. The second-order valence-electron chi connectivity index (χ2n) is 3.11. The third kappa shape index (κ3) is 2.14. The topological polar surface area (TPSA) is 116 Å². The van der Waals surface area contributed by atoms with E-state index in [1.807, 2.05) is 0 Å². The predicted octanol–water partition coefficient (Wildman–Crippen LogP) is -0.0866. The molecule has 0 fully saturated rings. The van der Waals surface area contributed by atoms with Gasteiger partial charge in [-0.3, -0.25) is 9.36 Å². The van der Waals surface area contributed by atoms with Crippen LogP contribution in [0, 0.1) is 0 Å². The van der Waals surface area contributed by atoms with E-state index in [-0.39, 0.29) is 11.5 Å². The van der Waals surface area contributed by atoms with Crippen molar-refractivity contribution in [3.8, 4) is 0 Å². The van der Waals surface area contributed by atoms with E-state index in [1.165, 1.54) is 23.6 Å². The minimum atomic E-state index is -0.213. The fourth-order valence-corrected chi connectivity index (χ4v) is 1.16. The number of rotatable bonds is 0. The van der Waals surface area contributed by atoms with Gasteiger partial charge in [-0.05, 0) is 0 Å². The average molecular weight is 234 g/mol. The van der Waals surface area contributed by atoms with Gasteiger partial charge in [-0.2, -0.15) is 4.98 Å². The van der Waals surface area contributed by atoms with E-state index in [4.69, 9.17) is 5.73 Å². The highest BCUT2D eigenvalue weighted by atomic mass is 16.3. The third-order valence-corrected chi connectivity index (χ3v) is 2.05. The number of nitrogens with one attached hydrogen (secondary N) is 1. The fourth-order valence-electron chi connectivity index (χ4n) is 1.16. The number of hydrogen-bond donors (Lipinski definition) is 2. The van der Waals surface area contributed by atoms with Gasteiger partial charge >= 0.3 is 0 Å². The summed E-state index contributed by atoms with van der Waals surface area (Å²) in [7, 11) is 1.56. The number of anilines is 1. The summed E-state index contributed by atoms with van der Waals surface area (Å²) in [5, 5.41) is 0. The molecule has 3 N–H and O–H groups in total. The second kappa shape index (κ2) is 4.47. The molecule has 0 unspecified atom stereocenters. The summed E-state index contributed by atoms with van der Waals surface area (Å²) in [6, 6.07) is 0. The first kappa shape index (κ1) is 10.9. The van der Waals surface area contributed by atoms with Gasteiger partial charge in [0.25, 0.3) is 5.56 Å². The van der Waals surface area contributed by atoms with Gasteiger partial charge in [-0.15, -0.1) is 0 Å². The molecule has 0 saturated carbocycles. The van der Waals surface area contributed by atoms with Crippen LogP contribution in [0.5, 0.6) is 0 Å². The summed E-state index contributed by atoms with van der Waals surface area (Å²) < 4.78 is 5.74. The van der Waals surface area contributed by atoms with E-state index in [0.29, 0.717) is 11.2 Å². The normalized spacial score (nSPS) is 9.94. The van der Waals surface area contributed by atoms with E-state index >= 15 is 0 Å². The quantitative estimate of drug-likeness (QED) is 0.561. The van der Waals surface area contributed by atoms with Crippen LogP contribution in [0.3, 0.4) is 0 Å². The number of nitrogens with two attached hydrogens (primary N) is 1. The first-order valence-electron chi connectivity index (χ1n) is 4.68. The maximum Gasteiger partial charge on any atom is 0.280 e. The zero-order valence-corrected chi connectivity index (χ0v) is 8.99. The monoisotopic (exact) mass is 234 g/mol. The van der Waals surface area contributed by atoms with Crippen LogP contribution in [0.2, 0.25) is 0 Å². The van der Waals surface area contributed by atoms with Gasteiger partial charge in [-0.25, -0.2) is 9.97 Å². The van der Waals surface area contributed by atoms with E-state index < -0.39 is 0 Å². The van der Waals surface area contributed by atoms with Crippen molar-refractivity contribution >= 4 is 17.1 Å². The molecule has 3 rings (SSSR count). The summed E-state index contributed by atoms with van der Waals surface area (Å²) in [4.78, 5) is 25.3.